The Morgan fingerprint density at radius 1 is 1.27 bits per heavy atom. The fourth-order valence-electron chi connectivity index (χ4n) is 0.712. The molecule has 0 heterocycles. The molecular weight excluding hydrogens is 201 g/mol. The molecule has 0 aliphatic heterocycles. The Morgan fingerprint density at radius 2 is 2.00 bits per heavy atom. The minimum atomic E-state index is -1.39. The molecule has 0 unspecified atom stereocenters. The molecule has 2 nitrogen and oxygen atoms in total. The Kier molecular flexibility index (Phi) is 8.41. The van der Waals surface area contributed by atoms with Gasteiger partial charge in [0.15, 0.2) is 0 Å². The minimum Gasteiger partial charge on any atom is -0.211 e. The Hall–Kier alpha value is 0.177. The van der Waals surface area contributed by atoms with Gasteiger partial charge in [-0.1, -0.05) is 12.8 Å². The zero-order chi connectivity index (χ0) is 8.53. The second-order valence-electron chi connectivity index (χ2n) is 2.21. The summed E-state index contributed by atoms with van der Waals surface area (Å²) in [7, 11) is -1.39. The predicted octanol–water partition coefficient (Wildman–Crippen LogP) is 2.19. The van der Waals surface area contributed by atoms with Crippen LogP contribution in [0.15, 0.2) is 4.99 Å². The molecule has 0 aromatic heterocycles. The van der Waals surface area contributed by atoms with Crippen LogP contribution in [-0.4, -0.2) is 20.0 Å². The quantitative estimate of drug-likeness (QED) is 0.218. The number of unbranched alkanes of at least 4 members (excludes halogenated alkanes) is 2. The van der Waals surface area contributed by atoms with Crippen LogP contribution < -0.4 is 0 Å². The molecule has 0 saturated heterocycles. The largest absolute Gasteiger partial charge is 0.237 e. The smallest absolute Gasteiger partial charge is 0.211 e. The number of hydrogen-bond donors (Lipinski definition) is 0. The summed E-state index contributed by atoms with van der Waals surface area (Å²) in [5.74, 6) is 0. The summed E-state index contributed by atoms with van der Waals surface area (Å²) in [6, 6.07) is 0.952. The summed E-state index contributed by atoms with van der Waals surface area (Å²) >= 11 is 11.3. The lowest BCUT2D eigenvalue weighted by Gasteiger charge is -1.96. The first-order chi connectivity index (χ1) is 5.27. The third kappa shape index (κ3) is 10.2. The molecule has 5 heteroatoms. The number of halogens is 2. The molecular formula is C6H11Cl2NOSi. The van der Waals surface area contributed by atoms with Crippen LogP contribution in [0.4, 0.5) is 0 Å². The Morgan fingerprint density at radius 3 is 2.55 bits per heavy atom. The first-order valence-corrected chi connectivity index (χ1v) is 7.90. The highest BCUT2D eigenvalue weighted by molar-refractivity contribution is 7.33. The monoisotopic (exact) mass is 211 g/mol. The molecule has 0 spiro atoms. The van der Waals surface area contributed by atoms with Crippen LogP contribution in [0.5, 0.6) is 0 Å². The van der Waals surface area contributed by atoms with E-state index in [4.69, 9.17) is 22.2 Å². The molecule has 0 aromatic carbocycles. The van der Waals surface area contributed by atoms with E-state index in [1.165, 1.54) is 6.08 Å². The fourth-order valence-corrected chi connectivity index (χ4v) is 2.24. The standard InChI is InChI=1S/C6H11Cl2NOSi/c7-11(8)5-3-1-2-4-9-6-10/h11H,1-5H2. The Bertz CT molecular complexity index is 137. The van der Waals surface area contributed by atoms with Gasteiger partial charge in [-0.05, 0) is 12.5 Å². The van der Waals surface area contributed by atoms with Crippen molar-refractivity contribution in [3.63, 3.8) is 0 Å². The van der Waals surface area contributed by atoms with Crippen LogP contribution in [0.25, 0.3) is 0 Å². The molecule has 0 saturated carbocycles. The van der Waals surface area contributed by atoms with Crippen molar-refractivity contribution in [2.45, 2.75) is 25.3 Å². The highest BCUT2D eigenvalue weighted by Gasteiger charge is 1.99. The summed E-state index contributed by atoms with van der Waals surface area (Å²) in [6.07, 6.45) is 4.54. The van der Waals surface area contributed by atoms with Crippen molar-refractivity contribution in [3.05, 3.63) is 0 Å². The van der Waals surface area contributed by atoms with Crippen molar-refractivity contribution < 1.29 is 4.79 Å². The summed E-state index contributed by atoms with van der Waals surface area (Å²) in [5, 5.41) is 0. The fraction of sp³-hybridized carbons (Fsp3) is 0.833. The molecule has 0 amide bonds. The lowest BCUT2D eigenvalue weighted by molar-refractivity contribution is 0.561. The van der Waals surface area contributed by atoms with Gasteiger partial charge in [-0.2, -0.15) is 22.2 Å². The topological polar surface area (TPSA) is 29.4 Å². The van der Waals surface area contributed by atoms with Crippen LogP contribution in [-0.2, 0) is 4.79 Å². The van der Waals surface area contributed by atoms with Crippen molar-refractivity contribution in [2.24, 2.45) is 4.99 Å². The second kappa shape index (κ2) is 8.28. The Balaban J connectivity index is 2.96. The van der Waals surface area contributed by atoms with Gasteiger partial charge >= 0.3 is 0 Å². The van der Waals surface area contributed by atoms with E-state index in [0.717, 1.165) is 25.3 Å². The lowest BCUT2D eigenvalue weighted by atomic mass is 10.2. The van der Waals surface area contributed by atoms with Crippen LogP contribution in [0.3, 0.4) is 0 Å². The number of hydrogen-bond acceptors (Lipinski definition) is 2. The van der Waals surface area contributed by atoms with Gasteiger partial charge in [0.25, 0.3) is 0 Å². The van der Waals surface area contributed by atoms with Crippen LogP contribution in [0, 0.1) is 0 Å². The van der Waals surface area contributed by atoms with Crippen molar-refractivity contribution in [2.75, 3.05) is 6.54 Å². The summed E-state index contributed by atoms with van der Waals surface area (Å²) in [4.78, 5) is 13.0. The van der Waals surface area contributed by atoms with E-state index in [0.29, 0.717) is 6.54 Å². The average molecular weight is 212 g/mol. The molecule has 11 heavy (non-hydrogen) atoms. The number of nitrogens with zero attached hydrogens (tertiary/aromatic N) is 1. The number of aliphatic imine (C=N–C) groups is 1. The van der Waals surface area contributed by atoms with Gasteiger partial charge in [0, 0.05) is 0 Å². The molecule has 0 bridgehead atoms. The van der Waals surface area contributed by atoms with Crippen LogP contribution in [0.1, 0.15) is 19.3 Å². The molecule has 0 radical (unpaired) electrons. The third-order valence-electron chi connectivity index (χ3n) is 1.26. The molecule has 0 rings (SSSR count). The second-order valence-corrected chi connectivity index (χ2v) is 7.40. The maximum absolute atomic E-state index is 9.62. The number of carbonyl (C=O) groups excluding carboxylic acids is 1. The first-order valence-electron chi connectivity index (χ1n) is 3.59. The zero-order valence-electron chi connectivity index (χ0n) is 6.22. The van der Waals surface area contributed by atoms with Gasteiger partial charge in [0.05, 0.1) is 6.54 Å². The first kappa shape index (κ1) is 11.2. The van der Waals surface area contributed by atoms with Gasteiger partial charge in [-0.15, -0.1) is 0 Å². The average Bonchev–Trinajstić information content (AvgIpc) is 1.96. The number of isocyanates is 1. The van der Waals surface area contributed by atoms with E-state index < -0.39 is 7.42 Å². The Labute approximate surface area is 77.6 Å². The molecule has 64 valence electrons. The highest BCUT2D eigenvalue weighted by atomic mass is 35.7. The van der Waals surface area contributed by atoms with Crippen molar-refractivity contribution in [1.29, 1.82) is 0 Å². The van der Waals surface area contributed by atoms with Crippen molar-refractivity contribution in [3.8, 4) is 0 Å². The van der Waals surface area contributed by atoms with E-state index in [-0.39, 0.29) is 0 Å². The molecule has 0 N–H and O–H groups in total. The van der Waals surface area contributed by atoms with Crippen LogP contribution in [0.2, 0.25) is 6.04 Å². The maximum atomic E-state index is 9.62. The van der Waals surface area contributed by atoms with Gasteiger partial charge in [-0.25, -0.2) is 9.79 Å². The summed E-state index contributed by atoms with van der Waals surface area (Å²) < 4.78 is 0. The third-order valence-corrected chi connectivity index (χ3v) is 3.41. The summed E-state index contributed by atoms with van der Waals surface area (Å²) in [6.45, 7) is 0.584. The maximum Gasteiger partial charge on any atom is 0.237 e. The predicted molar refractivity (Wildman–Crippen MR) is 50.5 cm³/mol. The zero-order valence-corrected chi connectivity index (χ0v) is 8.89. The molecule has 0 fully saturated rings. The van der Waals surface area contributed by atoms with Crippen molar-refractivity contribution >= 4 is 35.7 Å². The van der Waals surface area contributed by atoms with E-state index >= 15 is 0 Å². The van der Waals surface area contributed by atoms with Gasteiger partial charge in [-0.3, -0.25) is 0 Å². The van der Waals surface area contributed by atoms with E-state index in [1.807, 2.05) is 0 Å². The number of rotatable bonds is 6. The highest BCUT2D eigenvalue weighted by Crippen LogP contribution is 2.09. The SMILES string of the molecule is O=C=NCCCCC[SiH](Cl)Cl. The lowest BCUT2D eigenvalue weighted by Crippen LogP contribution is -1.91. The molecule has 0 aromatic rings. The van der Waals surface area contributed by atoms with Crippen LogP contribution >= 0.6 is 22.2 Å². The van der Waals surface area contributed by atoms with Gasteiger partial charge in [0.1, 0.15) is 0 Å². The van der Waals surface area contributed by atoms with Gasteiger partial charge < -0.3 is 0 Å². The van der Waals surface area contributed by atoms with E-state index in [9.17, 15) is 4.79 Å². The minimum absolute atomic E-state index is 0.584. The van der Waals surface area contributed by atoms with E-state index in [2.05, 4.69) is 4.99 Å². The molecule has 0 aliphatic rings. The molecule has 0 atom stereocenters. The van der Waals surface area contributed by atoms with Crippen molar-refractivity contribution in [1.82, 2.24) is 0 Å². The summed E-state index contributed by atoms with van der Waals surface area (Å²) in [5.41, 5.74) is 0. The molecule has 0 aliphatic carbocycles. The normalized spacial score (nSPS) is 9.73. The van der Waals surface area contributed by atoms with E-state index in [1.54, 1.807) is 0 Å². The van der Waals surface area contributed by atoms with Gasteiger partial charge in [0.2, 0.25) is 13.5 Å².